The van der Waals surface area contributed by atoms with Crippen molar-refractivity contribution in [2.24, 2.45) is 4.99 Å². The summed E-state index contributed by atoms with van der Waals surface area (Å²) in [5, 5.41) is 8.47. The number of sulfone groups is 1. The monoisotopic (exact) mass is 464 g/mol. The summed E-state index contributed by atoms with van der Waals surface area (Å²) >= 11 is 0. The molecule has 0 atom stereocenters. The molecule has 0 saturated carbocycles. The zero-order chi connectivity index (χ0) is 17.2. The van der Waals surface area contributed by atoms with E-state index < -0.39 is 21.5 Å². The van der Waals surface area contributed by atoms with Crippen LogP contribution in [0.3, 0.4) is 0 Å². The number of halogens is 1. The third-order valence-electron chi connectivity index (χ3n) is 2.45. The molecule has 0 heterocycles. The van der Waals surface area contributed by atoms with Crippen molar-refractivity contribution in [2.75, 3.05) is 38.2 Å². The number of nitrogens with zero attached hydrogens (tertiary/aromatic N) is 1. The van der Waals surface area contributed by atoms with Gasteiger partial charge < -0.3 is 20.7 Å². The van der Waals surface area contributed by atoms with E-state index in [2.05, 4.69) is 20.9 Å². The number of carbonyl (C=O) groups is 1. The van der Waals surface area contributed by atoms with Crippen LogP contribution < -0.4 is 16.0 Å². The molecule has 0 aromatic rings. The van der Waals surface area contributed by atoms with Gasteiger partial charge in [-0.05, 0) is 20.8 Å². The SMILES string of the molecule is CCS(=O)(=O)CCNC(=NC)NCCNC(=O)OC(C)(C)C.I. The number of ether oxygens (including phenoxy) is 1. The minimum Gasteiger partial charge on any atom is -0.444 e. The lowest BCUT2D eigenvalue weighted by atomic mass is 10.2. The number of hydrogen-bond acceptors (Lipinski definition) is 5. The molecule has 23 heavy (non-hydrogen) atoms. The van der Waals surface area contributed by atoms with Crippen molar-refractivity contribution in [1.29, 1.82) is 0 Å². The Morgan fingerprint density at radius 3 is 2.09 bits per heavy atom. The van der Waals surface area contributed by atoms with Crippen molar-refractivity contribution in [3.8, 4) is 0 Å². The zero-order valence-electron chi connectivity index (χ0n) is 14.4. The van der Waals surface area contributed by atoms with Gasteiger partial charge in [0.15, 0.2) is 15.8 Å². The highest BCUT2D eigenvalue weighted by Crippen LogP contribution is 2.05. The smallest absolute Gasteiger partial charge is 0.407 e. The summed E-state index contributed by atoms with van der Waals surface area (Å²) < 4.78 is 27.8. The van der Waals surface area contributed by atoms with Crippen molar-refractivity contribution >= 4 is 45.9 Å². The Balaban J connectivity index is 0. The molecule has 0 rings (SSSR count). The maximum atomic E-state index is 11.4. The van der Waals surface area contributed by atoms with Gasteiger partial charge in [0.2, 0.25) is 0 Å². The Labute approximate surface area is 156 Å². The molecule has 1 amide bonds. The van der Waals surface area contributed by atoms with E-state index in [1.54, 1.807) is 34.7 Å². The topological polar surface area (TPSA) is 109 Å². The number of alkyl carbamates (subject to hydrolysis) is 1. The summed E-state index contributed by atoms with van der Waals surface area (Å²) in [7, 11) is -1.41. The van der Waals surface area contributed by atoms with Gasteiger partial charge in [0.25, 0.3) is 0 Å². The van der Waals surface area contributed by atoms with Crippen LogP contribution in [0.1, 0.15) is 27.7 Å². The minimum atomic E-state index is -3.00. The van der Waals surface area contributed by atoms with Crippen LogP contribution in [0.5, 0.6) is 0 Å². The van der Waals surface area contributed by atoms with E-state index in [-0.39, 0.29) is 42.0 Å². The minimum absolute atomic E-state index is 0. The average Bonchev–Trinajstić information content (AvgIpc) is 2.39. The Morgan fingerprint density at radius 2 is 1.61 bits per heavy atom. The fraction of sp³-hybridized carbons (Fsp3) is 0.846. The third kappa shape index (κ3) is 14.5. The van der Waals surface area contributed by atoms with Crippen LogP contribution in [-0.2, 0) is 14.6 Å². The summed E-state index contributed by atoms with van der Waals surface area (Å²) in [4.78, 5) is 15.4. The summed E-state index contributed by atoms with van der Waals surface area (Å²) in [6.45, 7) is 8.09. The normalized spacial score (nSPS) is 12.1. The molecule has 138 valence electrons. The number of nitrogens with one attached hydrogen (secondary N) is 3. The Morgan fingerprint density at radius 1 is 1.09 bits per heavy atom. The van der Waals surface area contributed by atoms with Crippen molar-refractivity contribution in [3.63, 3.8) is 0 Å². The maximum Gasteiger partial charge on any atom is 0.407 e. The first-order chi connectivity index (χ1) is 10.1. The van der Waals surface area contributed by atoms with Crippen LogP contribution in [0.2, 0.25) is 0 Å². The molecule has 0 aliphatic heterocycles. The summed E-state index contributed by atoms with van der Waals surface area (Å²) in [6, 6.07) is 0. The van der Waals surface area contributed by atoms with Crippen LogP contribution in [0.25, 0.3) is 0 Å². The number of rotatable bonds is 7. The van der Waals surface area contributed by atoms with E-state index in [1.165, 1.54) is 0 Å². The van der Waals surface area contributed by atoms with Gasteiger partial charge in [-0.25, -0.2) is 13.2 Å². The molecule has 0 fully saturated rings. The van der Waals surface area contributed by atoms with Gasteiger partial charge >= 0.3 is 6.09 Å². The van der Waals surface area contributed by atoms with Gasteiger partial charge in [0, 0.05) is 32.4 Å². The van der Waals surface area contributed by atoms with E-state index in [4.69, 9.17) is 4.74 Å². The quantitative estimate of drug-likeness (QED) is 0.222. The predicted molar refractivity (Wildman–Crippen MR) is 103 cm³/mol. The van der Waals surface area contributed by atoms with Gasteiger partial charge in [0.1, 0.15) is 5.60 Å². The largest absolute Gasteiger partial charge is 0.444 e. The van der Waals surface area contributed by atoms with Crippen LogP contribution in [-0.4, -0.2) is 64.3 Å². The first-order valence-electron chi connectivity index (χ1n) is 7.21. The fourth-order valence-electron chi connectivity index (χ4n) is 1.35. The maximum absolute atomic E-state index is 11.4. The Kier molecular flexibility index (Phi) is 12.5. The van der Waals surface area contributed by atoms with Crippen LogP contribution in [0.4, 0.5) is 4.79 Å². The molecular formula is C13H29IN4O4S. The first kappa shape index (κ1) is 24.5. The third-order valence-corrected chi connectivity index (χ3v) is 4.16. The predicted octanol–water partition coefficient (Wildman–Crippen LogP) is 0.729. The van der Waals surface area contributed by atoms with Crippen molar-refractivity contribution in [1.82, 2.24) is 16.0 Å². The lowest BCUT2D eigenvalue weighted by Crippen LogP contribution is -2.43. The Bertz CT molecular complexity index is 475. The molecule has 0 aliphatic carbocycles. The highest BCUT2D eigenvalue weighted by atomic mass is 127. The number of guanidine groups is 1. The van der Waals surface area contributed by atoms with Crippen LogP contribution >= 0.6 is 24.0 Å². The number of carbonyl (C=O) groups excluding carboxylic acids is 1. The molecule has 0 aromatic heterocycles. The second kappa shape index (κ2) is 11.7. The molecule has 0 aliphatic rings. The molecule has 10 heteroatoms. The van der Waals surface area contributed by atoms with Gasteiger partial charge in [-0.3, -0.25) is 4.99 Å². The summed E-state index contributed by atoms with van der Waals surface area (Å²) in [5.41, 5.74) is -0.528. The lowest BCUT2D eigenvalue weighted by molar-refractivity contribution is 0.0529. The first-order valence-corrected chi connectivity index (χ1v) is 9.03. The van der Waals surface area contributed by atoms with Crippen molar-refractivity contribution in [2.45, 2.75) is 33.3 Å². The molecule has 0 bridgehead atoms. The van der Waals surface area contributed by atoms with E-state index >= 15 is 0 Å². The van der Waals surface area contributed by atoms with Crippen LogP contribution in [0.15, 0.2) is 4.99 Å². The average molecular weight is 464 g/mol. The van der Waals surface area contributed by atoms with Gasteiger partial charge in [0.05, 0.1) is 5.75 Å². The standard InChI is InChI=1S/C13H28N4O4S.HI/c1-6-22(19,20)10-9-16-11(14-5)15-7-8-17-12(18)21-13(2,3)4;/h6-10H2,1-5H3,(H,17,18)(H2,14,15,16);1H. The highest BCUT2D eigenvalue weighted by molar-refractivity contribution is 14.0. The Hall–Kier alpha value is -0.780. The van der Waals surface area contributed by atoms with Crippen molar-refractivity contribution in [3.05, 3.63) is 0 Å². The second-order valence-corrected chi connectivity index (χ2v) is 8.06. The molecular weight excluding hydrogens is 435 g/mol. The summed E-state index contributed by atoms with van der Waals surface area (Å²) in [5.74, 6) is 0.665. The van der Waals surface area contributed by atoms with Crippen LogP contribution in [0, 0.1) is 0 Å². The molecule has 0 saturated heterocycles. The molecule has 0 unspecified atom stereocenters. The van der Waals surface area contributed by atoms with E-state index in [1.807, 2.05) is 0 Å². The molecule has 0 spiro atoms. The number of hydrogen-bond donors (Lipinski definition) is 3. The van der Waals surface area contributed by atoms with Gasteiger partial charge in [-0.1, -0.05) is 6.92 Å². The van der Waals surface area contributed by atoms with Gasteiger partial charge in [-0.15, -0.1) is 24.0 Å². The summed E-state index contributed by atoms with van der Waals surface area (Å²) in [6.07, 6.45) is -0.480. The number of amides is 1. The molecule has 3 N–H and O–H groups in total. The number of aliphatic imine (C=N–C) groups is 1. The van der Waals surface area contributed by atoms with Gasteiger partial charge in [-0.2, -0.15) is 0 Å². The van der Waals surface area contributed by atoms with E-state index in [0.717, 1.165) is 0 Å². The van der Waals surface area contributed by atoms with E-state index in [0.29, 0.717) is 19.0 Å². The van der Waals surface area contributed by atoms with E-state index in [9.17, 15) is 13.2 Å². The molecule has 0 aromatic carbocycles. The zero-order valence-corrected chi connectivity index (χ0v) is 17.6. The molecule has 0 radical (unpaired) electrons. The highest BCUT2D eigenvalue weighted by Gasteiger charge is 2.15. The fourth-order valence-corrected chi connectivity index (χ4v) is 2.05. The van der Waals surface area contributed by atoms with Crippen molar-refractivity contribution < 1.29 is 17.9 Å². The lowest BCUT2D eigenvalue weighted by Gasteiger charge is -2.19. The molecule has 8 nitrogen and oxygen atoms in total. The second-order valence-electron chi connectivity index (χ2n) is 5.59.